The second-order valence-corrected chi connectivity index (χ2v) is 7.41. The smallest absolute Gasteiger partial charge is 0.171 e. The Bertz CT molecular complexity index is 1080. The van der Waals surface area contributed by atoms with Gasteiger partial charge >= 0.3 is 0 Å². The zero-order chi connectivity index (χ0) is 21.9. The molecule has 1 aliphatic carbocycles. The Morgan fingerprint density at radius 2 is 0.562 bits per heavy atom. The van der Waals surface area contributed by atoms with Crippen molar-refractivity contribution >= 4 is 22.7 Å². The number of anilines is 4. The van der Waals surface area contributed by atoms with Crippen LogP contribution in [-0.4, -0.2) is 10.2 Å². The Morgan fingerprint density at radius 1 is 0.344 bits per heavy atom. The zero-order valence-electron chi connectivity index (χ0n) is 17.3. The molecule has 4 aromatic carbocycles. The van der Waals surface area contributed by atoms with Crippen LogP contribution < -0.4 is 9.80 Å². The monoisotopic (exact) mass is 418 g/mol. The van der Waals surface area contributed by atoms with Gasteiger partial charge in [0, 0.05) is 22.7 Å². The molecule has 0 heterocycles. The van der Waals surface area contributed by atoms with Gasteiger partial charge in [-0.2, -0.15) is 0 Å². The Hall–Kier alpha value is -4.44. The summed E-state index contributed by atoms with van der Waals surface area (Å²) in [7, 11) is 0. The maximum absolute atomic E-state index is 11.3. The van der Waals surface area contributed by atoms with Crippen molar-refractivity contribution < 1.29 is 10.2 Å². The van der Waals surface area contributed by atoms with Crippen molar-refractivity contribution in [2.24, 2.45) is 0 Å². The molecule has 0 fully saturated rings. The van der Waals surface area contributed by atoms with Crippen LogP contribution in [-0.2, 0) is 0 Å². The Balaban J connectivity index is 1.63. The van der Waals surface area contributed by atoms with Crippen LogP contribution in [0.5, 0.6) is 0 Å². The average Bonchev–Trinajstić information content (AvgIpc) is 2.87. The fourth-order valence-electron chi connectivity index (χ4n) is 3.93. The van der Waals surface area contributed by atoms with E-state index in [-0.39, 0.29) is 11.5 Å². The minimum atomic E-state index is 0.0305. The fourth-order valence-corrected chi connectivity index (χ4v) is 3.93. The van der Waals surface area contributed by atoms with Gasteiger partial charge in [-0.1, -0.05) is 72.8 Å². The standard InChI is InChI=1S/C28H22N2O2/c31-27-25(29(21-13-5-1-6-14-21)22-15-7-2-8-16-22)28(32)26(27)30(23-17-9-3-10-18-23)24-19-11-4-12-20-24/h1-20,31-32H. The van der Waals surface area contributed by atoms with Gasteiger partial charge in [0.05, 0.1) is 0 Å². The van der Waals surface area contributed by atoms with Gasteiger partial charge in [0.25, 0.3) is 0 Å². The molecule has 32 heavy (non-hydrogen) atoms. The normalized spacial score (nSPS) is 13.0. The molecule has 156 valence electrons. The largest absolute Gasteiger partial charge is 0.504 e. The molecule has 0 atom stereocenters. The molecule has 0 spiro atoms. The van der Waals surface area contributed by atoms with Crippen LogP contribution in [0.1, 0.15) is 0 Å². The molecule has 4 aromatic rings. The van der Waals surface area contributed by atoms with Gasteiger partial charge in [-0.25, -0.2) is 0 Å². The fraction of sp³-hybridized carbons (Fsp3) is 0. The molecule has 0 aliphatic heterocycles. The highest BCUT2D eigenvalue weighted by Crippen LogP contribution is 2.46. The first-order valence-corrected chi connectivity index (χ1v) is 10.4. The van der Waals surface area contributed by atoms with E-state index in [9.17, 15) is 10.2 Å². The number of aliphatic hydroxyl groups is 2. The third-order valence-corrected chi connectivity index (χ3v) is 5.40. The first-order valence-electron chi connectivity index (χ1n) is 10.4. The minimum absolute atomic E-state index is 0.0305. The van der Waals surface area contributed by atoms with Crippen molar-refractivity contribution in [3.63, 3.8) is 0 Å². The summed E-state index contributed by atoms with van der Waals surface area (Å²) in [4.78, 5) is 3.73. The van der Waals surface area contributed by atoms with Crippen molar-refractivity contribution in [3.05, 3.63) is 144 Å². The summed E-state index contributed by atoms with van der Waals surface area (Å²) >= 11 is 0. The molecule has 0 radical (unpaired) electrons. The number of rotatable bonds is 6. The van der Waals surface area contributed by atoms with Crippen molar-refractivity contribution in [2.75, 3.05) is 9.80 Å². The van der Waals surface area contributed by atoms with Crippen LogP contribution in [0, 0.1) is 0 Å². The predicted octanol–water partition coefficient (Wildman–Crippen LogP) is 7.22. The number of para-hydroxylation sites is 4. The van der Waals surface area contributed by atoms with Gasteiger partial charge in [0.2, 0.25) is 0 Å². The number of hydrogen-bond acceptors (Lipinski definition) is 4. The topological polar surface area (TPSA) is 46.9 Å². The molecule has 0 aromatic heterocycles. The summed E-state index contributed by atoms with van der Waals surface area (Å²) in [6, 6.07) is 38.8. The van der Waals surface area contributed by atoms with Gasteiger partial charge in [0.1, 0.15) is 11.4 Å². The second-order valence-electron chi connectivity index (χ2n) is 7.41. The molecule has 2 N–H and O–H groups in total. The maximum Gasteiger partial charge on any atom is 0.171 e. The molecule has 0 amide bonds. The van der Waals surface area contributed by atoms with E-state index in [0.29, 0.717) is 11.4 Å². The number of aliphatic hydroxyl groups excluding tert-OH is 2. The molecule has 0 bridgehead atoms. The molecular weight excluding hydrogens is 396 g/mol. The quantitative estimate of drug-likeness (QED) is 0.347. The first kappa shape index (κ1) is 19.5. The second kappa shape index (κ2) is 8.36. The Kier molecular flexibility index (Phi) is 5.10. The molecular formula is C28H22N2O2. The van der Waals surface area contributed by atoms with Crippen LogP contribution in [0.3, 0.4) is 0 Å². The number of benzene rings is 4. The van der Waals surface area contributed by atoms with Gasteiger partial charge in [-0.3, -0.25) is 0 Å². The molecule has 0 saturated carbocycles. The van der Waals surface area contributed by atoms with Crippen LogP contribution >= 0.6 is 0 Å². The van der Waals surface area contributed by atoms with Crippen molar-refractivity contribution in [1.82, 2.24) is 0 Å². The third-order valence-electron chi connectivity index (χ3n) is 5.40. The first-order chi connectivity index (χ1) is 15.8. The highest BCUT2D eigenvalue weighted by Gasteiger charge is 2.39. The highest BCUT2D eigenvalue weighted by atomic mass is 16.3. The van der Waals surface area contributed by atoms with Crippen molar-refractivity contribution in [3.8, 4) is 0 Å². The Labute approximate surface area is 187 Å². The van der Waals surface area contributed by atoms with Crippen LogP contribution in [0.2, 0.25) is 0 Å². The van der Waals surface area contributed by atoms with E-state index in [1.807, 2.05) is 131 Å². The van der Waals surface area contributed by atoms with E-state index < -0.39 is 0 Å². The van der Waals surface area contributed by atoms with Gasteiger partial charge in [-0.05, 0) is 48.5 Å². The predicted molar refractivity (Wildman–Crippen MR) is 129 cm³/mol. The summed E-state index contributed by atoms with van der Waals surface area (Å²) in [5.41, 5.74) is 4.12. The van der Waals surface area contributed by atoms with Crippen LogP contribution in [0.15, 0.2) is 144 Å². The van der Waals surface area contributed by atoms with Crippen molar-refractivity contribution in [2.45, 2.75) is 0 Å². The lowest BCUT2D eigenvalue weighted by Gasteiger charge is -2.38. The number of nitrogens with zero attached hydrogens (tertiary/aromatic N) is 2. The van der Waals surface area contributed by atoms with Gasteiger partial charge in [0.15, 0.2) is 11.5 Å². The lowest BCUT2D eigenvalue weighted by Crippen LogP contribution is -2.33. The van der Waals surface area contributed by atoms with Crippen LogP contribution in [0.4, 0.5) is 22.7 Å². The molecule has 5 rings (SSSR count). The lowest BCUT2D eigenvalue weighted by molar-refractivity contribution is 0.341. The van der Waals surface area contributed by atoms with E-state index in [2.05, 4.69) is 0 Å². The summed E-state index contributed by atoms with van der Waals surface area (Å²) in [6.45, 7) is 0. The van der Waals surface area contributed by atoms with Crippen molar-refractivity contribution in [1.29, 1.82) is 0 Å². The van der Waals surface area contributed by atoms with E-state index in [1.165, 1.54) is 0 Å². The highest BCUT2D eigenvalue weighted by molar-refractivity contribution is 5.81. The molecule has 4 nitrogen and oxygen atoms in total. The summed E-state index contributed by atoms with van der Waals surface area (Å²) in [6.07, 6.45) is 0. The van der Waals surface area contributed by atoms with E-state index in [1.54, 1.807) is 0 Å². The van der Waals surface area contributed by atoms with Gasteiger partial charge in [-0.15, -0.1) is 0 Å². The molecule has 0 unspecified atom stereocenters. The third kappa shape index (κ3) is 3.38. The Morgan fingerprint density at radius 3 is 0.781 bits per heavy atom. The minimum Gasteiger partial charge on any atom is -0.504 e. The summed E-state index contributed by atoms with van der Waals surface area (Å²) in [5.74, 6) is 0.0609. The lowest BCUT2D eigenvalue weighted by atomic mass is 10.00. The summed E-state index contributed by atoms with van der Waals surface area (Å²) < 4.78 is 0. The number of hydrogen-bond donors (Lipinski definition) is 2. The van der Waals surface area contributed by atoms with E-state index in [0.717, 1.165) is 22.7 Å². The SMILES string of the molecule is OC1=C(N(c2ccccc2)c2ccccc2)C(O)=C1N(c1ccccc1)c1ccccc1. The maximum atomic E-state index is 11.3. The average molecular weight is 418 g/mol. The van der Waals surface area contributed by atoms with E-state index in [4.69, 9.17) is 0 Å². The van der Waals surface area contributed by atoms with Gasteiger partial charge < -0.3 is 20.0 Å². The molecule has 1 aliphatic rings. The van der Waals surface area contributed by atoms with E-state index >= 15 is 0 Å². The summed E-state index contributed by atoms with van der Waals surface area (Å²) in [5, 5.41) is 22.6. The molecule has 0 saturated heterocycles. The van der Waals surface area contributed by atoms with Crippen LogP contribution in [0.25, 0.3) is 0 Å². The zero-order valence-corrected chi connectivity index (χ0v) is 17.3. The molecule has 4 heteroatoms.